The Kier molecular flexibility index (Phi) is 3.36. The summed E-state index contributed by atoms with van der Waals surface area (Å²) in [4.78, 5) is 0. The van der Waals surface area contributed by atoms with Crippen molar-refractivity contribution in [2.75, 3.05) is 0 Å². The Bertz CT molecular complexity index is 335. The number of hydrogen-bond donors (Lipinski definition) is 1. The maximum absolute atomic E-state index is 5.99. The van der Waals surface area contributed by atoms with Gasteiger partial charge in [0.05, 0.1) is 10.7 Å². The van der Waals surface area contributed by atoms with E-state index in [2.05, 4.69) is 11.2 Å². The molecule has 0 saturated heterocycles. The first-order valence-electron chi connectivity index (χ1n) is 5.58. The second kappa shape index (κ2) is 4.58. The molecule has 0 amide bonds. The van der Waals surface area contributed by atoms with E-state index >= 15 is 0 Å². The van der Waals surface area contributed by atoms with Crippen molar-refractivity contribution in [2.45, 2.75) is 48.9 Å². The van der Waals surface area contributed by atoms with Gasteiger partial charge in [-0.15, -0.1) is 11.8 Å². The molecular weight excluding hydrogens is 206 g/mol. The monoisotopic (exact) mass is 225 g/mol. The minimum atomic E-state index is 0.408. The van der Waals surface area contributed by atoms with Crippen LogP contribution in [0.3, 0.4) is 0 Å². The normalized spacial score (nSPS) is 26.9. The average Bonchev–Trinajstić information content (AvgIpc) is 2.45. The largest absolute Gasteiger partial charge is 0.328 e. The highest BCUT2D eigenvalue weighted by Crippen LogP contribution is 2.33. The summed E-state index contributed by atoms with van der Waals surface area (Å²) < 4.78 is 1.97. The van der Waals surface area contributed by atoms with Gasteiger partial charge in [0.15, 0.2) is 0 Å². The molecule has 1 aliphatic carbocycles. The molecule has 1 aromatic heterocycles. The van der Waals surface area contributed by atoms with Crippen LogP contribution in [0.5, 0.6) is 0 Å². The first-order chi connectivity index (χ1) is 7.15. The van der Waals surface area contributed by atoms with E-state index in [1.165, 1.54) is 24.3 Å². The third-order valence-corrected chi connectivity index (χ3v) is 4.30. The van der Waals surface area contributed by atoms with Crippen LogP contribution in [-0.4, -0.2) is 21.1 Å². The Labute approximate surface area is 95.4 Å². The molecule has 0 radical (unpaired) electrons. The lowest BCUT2D eigenvalue weighted by atomic mass is 9.96. The van der Waals surface area contributed by atoms with Crippen LogP contribution in [0.4, 0.5) is 0 Å². The summed E-state index contributed by atoms with van der Waals surface area (Å²) in [6, 6.07) is 2.57. The predicted octanol–water partition coefficient (Wildman–Crippen LogP) is 2.09. The second-order valence-corrected chi connectivity index (χ2v) is 5.73. The van der Waals surface area contributed by atoms with Gasteiger partial charge in [-0.2, -0.15) is 5.10 Å². The summed E-state index contributed by atoms with van der Waals surface area (Å²) in [5.74, 6) is 0. The van der Waals surface area contributed by atoms with Crippen molar-refractivity contribution in [3.05, 3.63) is 11.8 Å². The summed E-state index contributed by atoms with van der Waals surface area (Å²) in [6.07, 6.45) is 4.91. The third-order valence-electron chi connectivity index (χ3n) is 2.91. The minimum absolute atomic E-state index is 0.408. The summed E-state index contributed by atoms with van der Waals surface area (Å²) >= 11 is 1.94. The molecule has 84 valence electrons. The topological polar surface area (TPSA) is 43.8 Å². The van der Waals surface area contributed by atoms with Crippen molar-refractivity contribution < 1.29 is 0 Å². The van der Waals surface area contributed by atoms with Crippen LogP contribution >= 0.6 is 11.8 Å². The molecule has 0 bridgehead atoms. The smallest absolute Gasteiger partial charge is 0.0942 e. The fourth-order valence-electron chi connectivity index (χ4n) is 2.16. The molecule has 1 heterocycles. The van der Waals surface area contributed by atoms with Gasteiger partial charge in [-0.25, -0.2) is 0 Å². The molecule has 3 nitrogen and oxygen atoms in total. The van der Waals surface area contributed by atoms with Crippen LogP contribution in [0.15, 0.2) is 11.1 Å². The standard InChI is InChI=1S/C11H19N3S/c1-8-6-11(14(2)13-8)15-10-5-3-4-9(12)7-10/h6,9-10H,3-5,7,12H2,1-2H3. The molecule has 4 heteroatoms. The molecule has 1 saturated carbocycles. The lowest BCUT2D eigenvalue weighted by Gasteiger charge is -2.25. The molecule has 1 aliphatic rings. The highest BCUT2D eigenvalue weighted by Gasteiger charge is 2.21. The van der Waals surface area contributed by atoms with Crippen LogP contribution in [0.25, 0.3) is 0 Å². The van der Waals surface area contributed by atoms with Crippen LogP contribution in [-0.2, 0) is 7.05 Å². The third kappa shape index (κ3) is 2.75. The zero-order valence-electron chi connectivity index (χ0n) is 9.44. The van der Waals surface area contributed by atoms with Gasteiger partial charge in [-0.1, -0.05) is 6.42 Å². The van der Waals surface area contributed by atoms with E-state index in [-0.39, 0.29) is 0 Å². The molecule has 2 rings (SSSR count). The van der Waals surface area contributed by atoms with E-state index in [4.69, 9.17) is 5.73 Å². The second-order valence-electron chi connectivity index (χ2n) is 4.41. The van der Waals surface area contributed by atoms with Gasteiger partial charge in [-0.3, -0.25) is 4.68 Å². The molecule has 2 atom stereocenters. The zero-order valence-corrected chi connectivity index (χ0v) is 10.3. The summed E-state index contributed by atoms with van der Waals surface area (Å²) in [6.45, 7) is 2.04. The average molecular weight is 225 g/mol. The van der Waals surface area contributed by atoms with E-state index in [9.17, 15) is 0 Å². The predicted molar refractivity (Wildman–Crippen MR) is 64.0 cm³/mol. The van der Waals surface area contributed by atoms with Crippen molar-refractivity contribution in [1.29, 1.82) is 0 Å². The number of rotatable bonds is 2. The number of aromatic nitrogens is 2. The van der Waals surface area contributed by atoms with Crippen molar-refractivity contribution in [2.24, 2.45) is 12.8 Å². The summed E-state index contributed by atoms with van der Waals surface area (Å²) in [7, 11) is 2.01. The lowest BCUT2D eigenvalue weighted by Crippen LogP contribution is -2.29. The van der Waals surface area contributed by atoms with Crippen molar-refractivity contribution in [1.82, 2.24) is 9.78 Å². The van der Waals surface area contributed by atoms with Crippen molar-refractivity contribution in [3.63, 3.8) is 0 Å². The quantitative estimate of drug-likeness (QED) is 0.838. The fourth-order valence-corrected chi connectivity index (χ4v) is 3.56. The first kappa shape index (κ1) is 11.0. The Hall–Kier alpha value is -0.480. The van der Waals surface area contributed by atoms with Crippen molar-refractivity contribution in [3.8, 4) is 0 Å². The Morgan fingerprint density at radius 2 is 2.33 bits per heavy atom. The summed E-state index contributed by atoms with van der Waals surface area (Å²) in [5.41, 5.74) is 7.08. The number of nitrogens with zero attached hydrogens (tertiary/aromatic N) is 2. The molecule has 0 aliphatic heterocycles. The highest BCUT2D eigenvalue weighted by molar-refractivity contribution is 7.99. The minimum Gasteiger partial charge on any atom is -0.328 e. The molecule has 0 aromatic carbocycles. The first-order valence-corrected chi connectivity index (χ1v) is 6.46. The van der Waals surface area contributed by atoms with Crippen LogP contribution in [0, 0.1) is 6.92 Å². The van der Waals surface area contributed by atoms with Gasteiger partial charge < -0.3 is 5.73 Å². The molecular formula is C11H19N3S. The number of hydrogen-bond acceptors (Lipinski definition) is 3. The fraction of sp³-hybridized carbons (Fsp3) is 0.727. The molecule has 0 spiro atoms. The molecule has 15 heavy (non-hydrogen) atoms. The summed E-state index contributed by atoms with van der Waals surface area (Å²) in [5, 5.41) is 6.31. The van der Waals surface area contributed by atoms with E-state index < -0.39 is 0 Å². The van der Waals surface area contributed by atoms with E-state index in [0.29, 0.717) is 11.3 Å². The number of nitrogens with two attached hydrogens (primary N) is 1. The van der Waals surface area contributed by atoms with Crippen LogP contribution in [0.1, 0.15) is 31.4 Å². The van der Waals surface area contributed by atoms with E-state index in [1.807, 2.05) is 30.4 Å². The number of thioether (sulfide) groups is 1. The maximum Gasteiger partial charge on any atom is 0.0942 e. The molecule has 1 aromatic rings. The Balaban J connectivity index is 1.99. The van der Waals surface area contributed by atoms with Gasteiger partial charge in [0.2, 0.25) is 0 Å². The SMILES string of the molecule is Cc1cc(SC2CCCC(N)C2)n(C)n1. The van der Waals surface area contributed by atoms with Crippen LogP contribution in [0.2, 0.25) is 0 Å². The van der Waals surface area contributed by atoms with Crippen LogP contribution < -0.4 is 5.73 Å². The maximum atomic E-state index is 5.99. The van der Waals surface area contributed by atoms with Gasteiger partial charge in [0.25, 0.3) is 0 Å². The Morgan fingerprint density at radius 3 is 2.93 bits per heavy atom. The highest BCUT2D eigenvalue weighted by atomic mass is 32.2. The number of aryl methyl sites for hydroxylation is 2. The van der Waals surface area contributed by atoms with Crippen molar-refractivity contribution >= 4 is 11.8 Å². The van der Waals surface area contributed by atoms with Gasteiger partial charge >= 0.3 is 0 Å². The van der Waals surface area contributed by atoms with Gasteiger partial charge in [0, 0.05) is 18.3 Å². The molecule has 2 N–H and O–H groups in total. The van der Waals surface area contributed by atoms with E-state index in [0.717, 1.165) is 12.1 Å². The lowest BCUT2D eigenvalue weighted by molar-refractivity contribution is 0.450. The zero-order chi connectivity index (χ0) is 10.8. The molecule has 2 unspecified atom stereocenters. The molecule has 1 fully saturated rings. The van der Waals surface area contributed by atoms with Gasteiger partial charge in [0.1, 0.15) is 0 Å². The van der Waals surface area contributed by atoms with E-state index in [1.54, 1.807) is 0 Å². The Morgan fingerprint density at radius 1 is 1.53 bits per heavy atom. The van der Waals surface area contributed by atoms with Gasteiger partial charge in [-0.05, 0) is 32.3 Å².